The summed E-state index contributed by atoms with van der Waals surface area (Å²) >= 11 is 0. The fourth-order valence-corrected chi connectivity index (χ4v) is 2.40. The summed E-state index contributed by atoms with van der Waals surface area (Å²) in [5.74, 6) is 0.755. The summed E-state index contributed by atoms with van der Waals surface area (Å²) in [6.45, 7) is 3.06. The van der Waals surface area contributed by atoms with E-state index in [-0.39, 0.29) is 0 Å². The molecule has 3 heteroatoms. The fourth-order valence-electron chi connectivity index (χ4n) is 2.40. The van der Waals surface area contributed by atoms with Crippen molar-refractivity contribution in [1.29, 1.82) is 0 Å². The van der Waals surface area contributed by atoms with E-state index in [1.54, 1.807) is 0 Å². The van der Waals surface area contributed by atoms with Crippen molar-refractivity contribution in [3.8, 4) is 0 Å². The molecule has 82 valence electrons. The van der Waals surface area contributed by atoms with Crippen molar-refractivity contribution in [3.63, 3.8) is 0 Å². The van der Waals surface area contributed by atoms with Gasteiger partial charge in [0.1, 0.15) is 0 Å². The molecule has 0 aromatic rings. The lowest BCUT2D eigenvalue weighted by atomic mass is 9.91. The van der Waals surface area contributed by atoms with Gasteiger partial charge in [-0.05, 0) is 38.0 Å². The van der Waals surface area contributed by atoms with Gasteiger partial charge in [-0.15, -0.1) is 0 Å². The van der Waals surface area contributed by atoms with Gasteiger partial charge in [0.15, 0.2) is 0 Å². The summed E-state index contributed by atoms with van der Waals surface area (Å²) < 4.78 is 5.35. The van der Waals surface area contributed by atoms with E-state index >= 15 is 0 Å². The fraction of sp³-hybridized carbons (Fsp3) is 1.00. The third-order valence-corrected chi connectivity index (χ3v) is 3.49. The zero-order valence-electron chi connectivity index (χ0n) is 8.87. The van der Waals surface area contributed by atoms with E-state index in [2.05, 4.69) is 5.32 Å². The predicted molar refractivity (Wildman–Crippen MR) is 57.2 cm³/mol. The van der Waals surface area contributed by atoms with E-state index in [9.17, 15) is 0 Å². The van der Waals surface area contributed by atoms with Crippen LogP contribution in [-0.4, -0.2) is 31.8 Å². The third-order valence-electron chi connectivity index (χ3n) is 3.49. The Balaban J connectivity index is 1.60. The Hall–Kier alpha value is -0.120. The van der Waals surface area contributed by atoms with E-state index in [0.29, 0.717) is 6.04 Å². The van der Waals surface area contributed by atoms with E-state index in [1.165, 1.54) is 32.1 Å². The van der Waals surface area contributed by atoms with E-state index in [0.717, 1.165) is 31.7 Å². The topological polar surface area (TPSA) is 47.3 Å². The van der Waals surface area contributed by atoms with Crippen LogP contribution in [0.25, 0.3) is 0 Å². The van der Waals surface area contributed by atoms with E-state index in [1.807, 2.05) is 0 Å². The minimum atomic E-state index is 0.461. The van der Waals surface area contributed by atoms with Crippen molar-refractivity contribution in [1.82, 2.24) is 5.32 Å². The van der Waals surface area contributed by atoms with Gasteiger partial charge in [0.2, 0.25) is 0 Å². The summed E-state index contributed by atoms with van der Waals surface area (Å²) in [5.41, 5.74) is 5.87. The molecule has 0 aromatic heterocycles. The van der Waals surface area contributed by atoms with Gasteiger partial charge in [0.25, 0.3) is 0 Å². The first-order valence-electron chi connectivity index (χ1n) is 5.91. The van der Waals surface area contributed by atoms with Gasteiger partial charge in [-0.25, -0.2) is 0 Å². The Morgan fingerprint density at radius 1 is 1.14 bits per heavy atom. The summed E-state index contributed by atoms with van der Waals surface area (Å²) in [6, 6.07) is 1.18. The molecule has 1 aliphatic carbocycles. The van der Waals surface area contributed by atoms with Crippen molar-refractivity contribution in [2.24, 2.45) is 11.7 Å². The van der Waals surface area contributed by atoms with Crippen LogP contribution in [0.3, 0.4) is 0 Å². The lowest BCUT2D eigenvalue weighted by Gasteiger charge is -2.27. The van der Waals surface area contributed by atoms with Gasteiger partial charge in [-0.1, -0.05) is 0 Å². The molecular formula is C11H22N2O. The number of hydrogen-bond donors (Lipinski definition) is 2. The maximum Gasteiger partial charge on any atom is 0.0507 e. The Kier molecular flexibility index (Phi) is 3.79. The highest BCUT2D eigenvalue weighted by Gasteiger charge is 2.20. The molecule has 0 amide bonds. The van der Waals surface area contributed by atoms with Crippen molar-refractivity contribution in [2.45, 2.75) is 44.2 Å². The smallest absolute Gasteiger partial charge is 0.0507 e. The molecule has 3 nitrogen and oxygen atoms in total. The highest BCUT2D eigenvalue weighted by Crippen LogP contribution is 2.18. The first kappa shape index (κ1) is 10.4. The second kappa shape index (κ2) is 5.10. The predicted octanol–water partition coefficient (Wildman–Crippen LogP) is 0.882. The van der Waals surface area contributed by atoms with Crippen molar-refractivity contribution < 1.29 is 4.74 Å². The van der Waals surface area contributed by atoms with Crippen LogP contribution in [-0.2, 0) is 4.74 Å². The molecule has 2 rings (SSSR count). The zero-order chi connectivity index (χ0) is 9.80. The van der Waals surface area contributed by atoms with Crippen molar-refractivity contribution in [3.05, 3.63) is 0 Å². The second-order valence-corrected chi connectivity index (χ2v) is 4.75. The monoisotopic (exact) mass is 198 g/mol. The minimum Gasteiger partial charge on any atom is -0.381 e. The van der Waals surface area contributed by atoms with Gasteiger partial charge >= 0.3 is 0 Å². The average molecular weight is 198 g/mol. The van der Waals surface area contributed by atoms with Crippen LogP contribution < -0.4 is 11.1 Å². The van der Waals surface area contributed by atoms with Gasteiger partial charge < -0.3 is 15.8 Å². The number of ether oxygens (including phenoxy) is 1. The summed E-state index contributed by atoms with van der Waals surface area (Å²) in [5, 5.41) is 3.65. The largest absolute Gasteiger partial charge is 0.381 e. The first-order chi connectivity index (χ1) is 6.84. The number of hydrogen-bond acceptors (Lipinski definition) is 3. The molecule has 2 aliphatic rings. The van der Waals surface area contributed by atoms with Crippen LogP contribution in [0.5, 0.6) is 0 Å². The minimum absolute atomic E-state index is 0.461. The Labute approximate surface area is 86.4 Å². The summed E-state index contributed by atoms with van der Waals surface area (Å²) in [7, 11) is 0. The molecule has 1 heterocycles. The lowest BCUT2D eigenvalue weighted by Crippen LogP contribution is -2.39. The molecule has 0 aromatic carbocycles. The van der Waals surface area contributed by atoms with Crippen LogP contribution in [0.15, 0.2) is 0 Å². The average Bonchev–Trinajstić information content (AvgIpc) is 2.70. The maximum absolute atomic E-state index is 5.87. The first-order valence-corrected chi connectivity index (χ1v) is 5.91. The zero-order valence-corrected chi connectivity index (χ0v) is 8.87. The highest BCUT2D eigenvalue weighted by molar-refractivity contribution is 4.80. The molecule has 2 fully saturated rings. The SMILES string of the molecule is NC1CCC(NCC2CCOC2)CC1. The summed E-state index contributed by atoms with van der Waals surface area (Å²) in [4.78, 5) is 0. The van der Waals surface area contributed by atoms with Gasteiger partial charge in [0, 0.05) is 25.2 Å². The number of rotatable bonds is 3. The number of nitrogens with one attached hydrogen (secondary N) is 1. The molecule has 14 heavy (non-hydrogen) atoms. The van der Waals surface area contributed by atoms with Crippen LogP contribution in [0, 0.1) is 5.92 Å². The normalized spacial score (nSPS) is 38.8. The molecule has 0 bridgehead atoms. The van der Waals surface area contributed by atoms with Crippen LogP contribution in [0.4, 0.5) is 0 Å². The molecule has 0 radical (unpaired) electrons. The molecule has 1 saturated heterocycles. The standard InChI is InChI=1S/C11H22N2O/c12-10-1-3-11(4-2-10)13-7-9-5-6-14-8-9/h9-11,13H,1-8,12H2. The molecule has 1 unspecified atom stereocenters. The lowest BCUT2D eigenvalue weighted by molar-refractivity contribution is 0.183. The van der Waals surface area contributed by atoms with Gasteiger partial charge in [0.05, 0.1) is 6.61 Å². The quantitative estimate of drug-likeness (QED) is 0.708. The maximum atomic E-state index is 5.87. The van der Waals surface area contributed by atoms with Gasteiger partial charge in [-0.2, -0.15) is 0 Å². The number of nitrogens with two attached hydrogens (primary N) is 1. The molecule has 3 N–H and O–H groups in total. The van der Waals surface area contributed by atoms with Crippen LogP contribution in [0.1, 0.15) is 32.1 Å². The highest BCUT2D eigenvalue weighted by atomic mass is 16.5. The molecule has 1 atom stereocenters. The third kappa shape index (κ3) is 2.94. The summed E-state index contributed by atoms with van der Waals surface area (Å²) in [6.07, 6.45) is 6.14. The van der Waals surface area contributed by atoms with Crippen molar-refractivity contribution >= 4 is 0 Å². The van der Waals surface area contributed by atoms with Crippen LogP contribution in [0.2, 0.25) is 0 Å². The molecule has 1 aliphatic heterocycles. The molecular weight excluding hydrogens is 176 g/mol. The van der Waals surface area contributed by atoms with Crippen LogP contribution >= 0.6 is 0 Å². The Bertz CT molecular complexity index is 161. The second-order valence-electron chi connectivity index (χ2n) is 4.75. The van der Waals surface area contributed by atoms with E-state index in [4.69, 9.17) is 10.5 Å². The van der Waals surface area contributed by atoms with Gasteiger partial charge in [-0.3, -0.25) is 0 Å². The Morgan fingerprint density at radius 3 is 2.57 bits per heavy atom. The Morgan fingerprint density at radius 2 is 1.93 bits per heavy atom. The van der Waals surface area contributed by atoms with E-state index < -0.39 is 0 Å². The van der Waals surface area contributed by atoms with Crippen molar-refractivity contribution in [2.75, 3.05) is 19.8 Å². The molecule has 1 saturated carbocycles. The molecule has 0 spiro atoms.